The zero-order chi connectivity index (χ0) is 12.7. The monoisotopic (exact) mass is 237 g/mol. The lowest BCUT2D eigenvalue weighted by Crippen LogP contribution is -2.33. The summed E-state index contributed by atoms with van der Waals surface area (Å²) >= 11 is 0. The quantitative estimate of drug-likeness (QED) is 0.877. The predicted octanol–water partition coefficient (Wildman–Crippen LogP) is 2.23. The van der Waals surface area contributed by atoms with E-state index >= 15 is 0 Å². The Morgan fingerprint density at radius 3 is 2.59 bits per heavy atom. The highest BCUT2D eigenvalue weighted by Gasteiger charge is 2.48. The van der Waals surface area contributed by atoms with Gasteiger partial charge >= 0.3 is 0 Å². The van der Waals surface area contributed by atoms with E-state index in [1.165, 1.54) is 12.8 Å². The fourth-order valence-electron chi connectivity index (χ4n) is 2.82. The van der Waals surface area contributed by atoms with Crippen LogP contribution in [0.25, 0.3) is 0 Å². The van der Waals surface area contributed by atoms with Crippen LogP contribution in [0, 0.1) is 16.7 Å². The fourth-order valence-corrected chi connectivity index (χ4v) is 2.82. The van der Waals surface area contributed by atoms with Crippen LogP contribution in [-0.4, -0.2) is 20.1 Å². The summed E-state index contributed by atoms with van der Waals surface area (Å²) in [5.74, 6) is 0.630. The molecule has 0 unspecified atom stereocenters. The van der Waals surface area contributed by atoms with Crippen LogP contribution in [0.4, 0.5) is 0 Å². The Morgan fingerprint density at radius 2 is 2.12 bits per heavy atom. The van der Waals surface area contributed by atoms with Gasteiger partial charge in [0.2, 0.25) is 0 Å². The number of rotatable bonds is 3. The van der Waals surface area contributed by atoms with E-state index in [1.807, 2.05) is 10.9 Å². The van der Waals surface area contributed by atoms with Crippen LogP contribution in [0.1, 0.15) is 46.2 Å². The first-order valence-corrected chi connectivity index (χ1v) is 6.37. The van der Waals surface area contributed by atoms with Crippen LogP contribution >= 0.6 is 0 Å². The average Bonchev–Trinajstić information content (AvgIpc) is 2.77. The molecule has 17 heavy (non-hydrogen) atoms. The molecule has 1 aromatic heterocycles. The summed E-state index contributed by atoms with van der Waals surface area (Å²) in [7, 11) is 0. The highest BCUT2D eigenvalue weighted by atomic mass is 16.3. The molecule has 4 heteroatoms. The molecular formula is C13H23N3O. The highest BCUT2D eigenvalue weighted by Crippen LogP contribution is 2.55. The van der Waals surface area contributed by atoms with E-state index in [0.29, 0.717) is 22.4 Å². The van der Waals surface area contributed by atoms with Gasteiger partial charge in [-0.2, -0.15) is 0 Å². The van der Waals surface area contributed by atoms with Gasteiger partial charge in [-0.1, -0.05) is 32.9 Å². The molecule has 0 aliphatic heterocycles. The maximum Gasteiger partial charge on any atom is 0.108 e. The van der Waals surface area contributed by atoms with Crippen molar-refractivity contribution in [1.29, 1.82) is 0 Å². The molecule has 1 aromatic rings. The molecule has 1 aliphatic rings. The molecule has 0 spiro atoms. The van der Waals surface area contributed by atoms with E-state index in [-0.39, 0.29) is 6.61 Å². The minimum absolute atomic E-state index is 0.0282. The highest BCUT2D eigenvalue weighted by molar-refractivity contribution is 4.98. The van der Waals surface area contributed by atoms with Crippen molar-refractivity contribution in [3.63, 3.8) is 0 Å². The summed E-state index contributed by atoms with van der Waals surface area (Å²) < 4.78 is 1.87. The number of nitrogens with zero attached hydrogens (tertiary/aromatic N) is 3. The summed E-state index contributed by atoms with van der Waals surface area (Å²) in [6, 6.07) is 0. The second kappa shape index (κ2) is 4.09. The average molecular weight is 237 g/mol. The molecule has 1 aliphatic carbocycles. The minimum Gasteiger partial charge on any atom is -0.390 e. The van der Waals surface area contributed by atoms with Crippen molar-refractivity contribution in [2.24, 2.45) is 16.7 Å². The molecule has 0 saturated heterocycles. The Bertz CT molecular complexity index is 395. The Labute approximate surface area is 103 Å². The third-order valence-electron chi connectivity index (χ3n) is 5.04. The van der Waals surface area contributed by atoms with Gasteiger partial charge in [-0.15, -0.1) is 5.10 Å². The zero-order valence-electron chi connectivity index (χ0n) is 11.3. The Kier molecular flexibility index (Phi) is 3.02. The molecule has 1 fully saturated rings. The van der Waals surface area contributed by atoms with E-state index < -0.39 is 0 Å². The van der Waals surface area contributed by atoms with E-state index in [1.54, 1.807) is 0 Å². The van der Waals surface area contributed by atoms with E-state index in [9.17, 15) is 0 Å². The van der Waals surface area contributed by atoms with E-state index in [2.05, 4.69) is 38.0 Å². The molecule has 1 heterocycles. The van der Waals surface area contributed by atoms with Gasteiger partial charge in [-0.3, -0.25) is 4.68 Å². The molecule has 0 amide bonds. The van der Waals surface area contributed by atoms with Gasteiger partial charge in [-0.25, -0.2) is 0 Å². The van der Waals surface area contributed by atoms with Crippen molar-refractivity contribution in [3.8, 4) is 0 Å². The van der Waals surface area contributed by atoms with Crippen molar-refractivity contribution in [1.82, 2.24) is 15.0 Å². The fraction of sp³-hybridized carbons (Fsp3) is 0.846. The smallest absolute Gasteiger partial charge is 0.108 e. The Hall–Kier alpha value is -0.900. The molecule has 1 atom stereocenters. The topological polar surface area (TPSA) is 50.9 Å². The number of hydrogen-bond acceptors (Lipinski definition) is 3. The zero-order valence-corrected chi connectivity index (χ0v) is 11.3. The molecule has 4 nitrogen and oxygen atoms in total. The molecule has 96 valence electrons. The normalized spacial score (nSPS) is 26.3. The van der Waals surface area contributed by atoms with Gasteiger partial charge in [0.05, 0.1) is 12.8 Å². The summed E-state index contributed by atoms with van der Waals surface area (Å²) in [4.78, 5) is 0. The van der Waals surface area contributed by atoms with Gasteiger partial charge in [-0.05, 0) is 29.6 Å². The largest absolute Gasteiger partial charge is 0.390 e. The van der Waals surface area contributed by atoms with Crippen LogP contribution in [0.15, 0.2) is 6.20 Å². The minimum atomic E-state index is -0.0282. The van der Waals surface area contributed by atoms with Crippen LogP contribution in [-0.2, 0) is 13.2 Å². The first-order valence-electron chi connectivity index (χ1n) is 6.37. The molecule has 0 radical (unpaired) electrons. The maximum absolute atomic E-state index is 8.98. The lowest BCUT2D eigenvalue weighted by Gasteiger charge is -2.39. The van der Waals surface area contributed by atoms with Crippen LogP contribution < -0.4 is 0 Å². The maximum atomic E-state index is 8.98. The number of aromatic nitrogens is 3. The van der Waals surface area contributed by atoms with Crippen LogP contribution in [0.5, 0.6) is 0 Å². The van der Waals surface area contributed by atoms with Crippen molar-refractivity contribution in [2.75, 3.05) is 0 Å². The Balaban J connectivity index is 2.10. The van der Waals surface area contributed by atoms with Gasteiger partial charge in [0.1, 0.15) is 5.69 Å². The van der Waals surface area contributed by atoms with Crippen molar-refractivity contribution < 1.29 is 5.11 Å². The summed E-state index contributed by atoms with van der Waals surface area (Å²) in [6.45, 7) is 10.3. The van der Waals surface area contributed by atoms with Gasteiger partial charge < -0.3 is 5.11 Å². The van der Waals surface area contributed by atoms with Crippen molar-refractivity contribution in [3.05, 3.63) is 11.9 Å². The van der Waals surface area contributed by atoms with E-state index in [0.717, 1.165) is 6.54 Å². The molecule has 2 rings (SSSR count). The predicted molar refractivity (Wildman–Crippen MR) is 66.2 cm³/mol. The second-order valence-corrected chi connectivity index (χ2v) is 6.43. The third kappa shape index (κ3) is 2.10. The third-order valence-corrected chi connectivity index (χ3v) is 5.04. The number of aliphatic hydroxyl groups is 1. The van der Waals surface area contributed by atoms with Gasteiger partial charge in [0.25, 0.3) is 0 Å². The summed E-state index contributed by atoms with van der Waals surface area (Å²) in [5.41, 5.74) is 1.36. The molecule has 1 N–H and O–H groups in total. The molecule has 0 aromatic carbocycles. The van der Waals surface area contributed by atoms with Crippen LogP contribution in [0.3, 0.4) is 0 Å². The van der Waals surface area contributed by atoms with Crippen molar-refractivity contribution >= 4 is 0 Å². The first kappa shape index (κ1) is 12.6. The van der Waals surface area contributed by atoms with Crippen LogP contribution in [0.2, 0.25) is 0 Å². The van der Waals surface area contributed by atoms with Gasteiger partial charge in [0.15, 0.2) is 0 Å². The lowest BCUT2D eigenvalue weighted by molar-refractivity contribution is 0.0954. The van der Waals surface area contributed by atoms with E-state index in [4.69, 9.17) is 5.11 Å². The number of aliphatic hydroxyl groups excluding tert-OH is 1. The molecule has 0 bridgehead atoms. The molecular weight excluding hydrogens is 214 g/mol. The summed E-state index contributed by atoms with van der Waals surface area (Å²) in [5, 5.41) is 17.0. The standard InChI is InChI=1S/C13H23N3O/c1-12(2)6-5-10(13(12,3)4)7-16-8-11(9-17)14-15-16/h8,10,17H,5-7,9H2,1-4H3/t10-/m1/s1. The van der Waals surface area contributed by atoms with Crippen molar-refractivity contribution in [2.45, 2.75) is 53.7 Å². The van der Waals surface area contributed by atoms with Gasteiger partial charge in [0, 0.05) is 6.54 Å². The first-order chi connectivity index (χ1) is 7.87. The number of hydrogen-bond donors (Lipinski definition) is 1. The SMILES string of the molecule is CC1(C)CC[C@H](Cn2cc(CO)nn2)C1(C)C. The lowest BCUT2D eigenvalue weighted by atomic mass is 9.67. The summed E-state index contributed by atoms with van der Waals surface area (Å²) in [6.07, 6.45) is 4.36. The Morgan fingerprint density at radius 1 is 1.41 bits per heavy atom. The second-order valence-electron chi connectivity index (χ2n) is 6.43. The molecule has 1 saturated carbocycles.